The highest BCUT2D eigenvalue weighted by Gasteiger charge is 2.27. The Morgan fingerprint density at radius 2 is 1.50 bits per heavy atom. The van der Waals surface area contributed by atoms with Gasteiger partial charge in [-0.1, -0.05) is 30.3 Å². The number of para-hydroxylation sites is 1. The number of hydrogen-bond donors (Lipinski definition) is 0. The third-order valence-corrected chi connectivity index (χ3v) is 6.25. The van der Waals surface area contributed by atoms with Crippen molar-refractivity contribution in [1.29, 1.82) is 0 Å². The number of hydrogen-bond acceptors (Lipinski definition) is 6. The number of methoxy groups -OCH3 is 2. The predicted octanol–water partition coefficient (Wildman–Crippen LogP) is 5.97. The molecule has 3 aromatic carbocycles. The van der Waals surface area contributed by atoms with E-state index in [4.69, 9.17) is 23.9 Å². The van der Waals surface area contributed by atoms with Crippen LogP contribution in [0, 0.1) is 0 Å². The zero-order chi connectivity index (χ0) is 24.9. The maximum Gasteiger partial charge on any atom is 0.339 e. The second-order valence-electron chi connectivity index (χ2n) is 8.43. The standard InChI is InChI=1S/C30H27NO5/c1-33-22-10-7-20(8-11-22)19-21-9-16-26-28(25-5-3-4-6-27(25)31-29(21)26)30(32)36-18-17-35-24-14-12-23(34-2)13-15-24/h3-8,10-15,19H,9,16-18H2,1-2H3/b21-19+. The monoisotopic (exact) mass is 481 g/mol. The number of pyridine rings is 1. The predicted molar refractivity (Wildman–Crippen MR) is 140 cm³/mol. The van der Waals surface area contributed by atoms with Crippen molar-refractivity contribution in [2.75, 3.05) is 27.4 Å². The molecule has 6 heteroatoms. The summed E-state index contributed by atoms with van der Waals surface area (Å²) in [5.41, 5.74) is 5.35. The van der Waals surface area contributed by atoms with Crippen molar-refractivity contribution in [2.24, 2.45) is 0 Å². The van der Waals surface area contributed by atoms with Crippen LogP contribution < -0.4 is 14.2 Å². The maximum absolute atomic E-state index is 13.3. The number of ether oxygens (including phenoxy) is 4. The number of allylic oxidation sites excluding steroid dienone is 1. The third-order valence-electron chi connectivity index (χ3n) is 6.25. The van der Waals surface area contributed by atoms with E-state index in [9.17, 15) is 4.79 Å². The summed E-state index contributed by atoms with van der Waals surface area (Å²) in [5.74, 6) is 1.91. The molecule has 0 amide bonds. The summed E-state index contributed by atoms with van der Waals surface area (Å²) in [6, 6.07) is 22.9. The maximum atomic E-state index is 13.3. The van der Waals surface area contributed by atoms with Crippen molar-refractivity contribution in [3.63, 3.8) is 0 Å². The van der Waals surface area contributed by atoms with Gasteiger partial charge in [0.2, 0.25) is 0 Å². The molecule has 0 N–H and O–H groups in total. The van der Waals surface area contributed by atoms with E-state index in [0.717, 1.165) is 57.6 Å². The fourth-order valence-electron chi connectivity index (χ4n) is 4.45. The van der Waals surface area contributed by atoms with E-state index in [2.05, 4.69) is 6.08 Å². The van der Waals surface area contributed by atoms with Crippen molar-refractivity contribution in [2.45, 2.75) is 12.8 Å². The molecule has 0 saturated heterocycles. The number of carbonyl (C=O) groups is 1. The van der Waals surface area contributed by atoms with Crippen LogP contribution in [0.1, 0.15) is 33.6 Å². The molecule has 1 aliphatic rings. The number of carbonyl (C=O) groups excluding carboxylic acids is 1. The van der Waals surface area contributed by atoms with Crippen molar-refractivity contribution < 1.29 is 23.7 Å². The molecule has 1 heterocycles. The number of esters is 1. The number of rotatable bonds is 8. The van der Waals surface area contributed by atoms with E-state index in [0.29, 0.717) is 11.3 Å². The van der Waals surface area contributed by atoms with Crippen LogP contribution in [-0.4, -0.2) is 38.4 Å². The molecule has 182 valence electrons. The minimum atomic E-state index is -0.353. The molecule has 36 heavy (non-hydrogen) atoms. The van der Waals surface area contributed by atoms with Crippen LogP contribution in [0.2, 0.25) is 0 Å². The van der Waals surface area contributed by atoms with E-state index < -0.39 is 0 Å². The Morgan fingerprint density at radius 1 is 0.833 bits per heavy atom. The Balaban J connectivity index is 1.37. The first-order valence-electron chi connectivity index (χ1n) is 11.9. The highest BCUT2D eigenvalue weighted by molar-refractivity contribution is 6.07. The van der Waals surface area contributed by atoms with Gasteiger partial charge in [-0.15, -0.1) is 0 Å². The molecule has 5 rings (SSSR count). The van der Waals surface area contributed by atoms with Gasteiger partial charge in [0.05, 0.1) is 31.0 Å². The van der Waals surface area contributed by atoms with Crippen LogP contribution in [0.4, 0.5) is 0 Å². The molecule has 1 aromatic heterocycles. The lowest BCUT2D eigenvalue weighted by atomic mass is 10.0. The molecule has 0 radical (unpaired) electrons. The fraction of sp³-hybridized carbons (Fsp3) is 0.200. The summed E-state index contributed by atoms with van der Waals surface area (Å²) in [7, 11) is 3.27. The highest BCUT2D eigenvalue weighted by atomic mass is 16.6. The summed E-state index contributed by atoms with van der Waals surface area (Å²) in [5, 5.41) is 0.808. The normalized spacial score (nSPS) is 13.4. The molecule has 0 aliphatic heterocycles. The summed E-state index contributed by atoms with van der Waals surface area (Å²) in [6.45, 7) is 0.400. The first kappa shape index (κ1) is 23.4. The van der Waals surface area contributed by atoms with Gasteiger partial charge >= 0.3 is 5.97 Å². The van der Waals surface area contributed by atoms with Crippen LogP contribution in [0.3, 0.4) is 0 Å². The van der Waals surface area contributed by atoms with Crippen molar-refractivity contribution >= 4 is 28.5 Å². The topological polar surface area (TPSA) is 66.9 Å². The lowest BCUT2D eigenvalue weighted by molar-refractivity contribution is 0.0451. The Labute approximate surface area is 210 Å². The van der Waals surface area contributed by atoms with E-state index >= 15 is 0 Å². The van der Waals surface area contributed by atoms with E-state index in [1.807, 2.05) is 72.8 Å². The van der Waals surface area contributed by atoms with E-state index in [-0.39, 0.29) is 19.2 Å². The first-order chi connectivity index (χ1) is 17.7. The van der Waals surface area contributed by atoms with Crippen LogP contribution in [-0.2, 0) is 11.2 Å². The van der Waals surface area contributed by atoms with Crippen LogP contribution in [0.25, 0.3) is 22.6 Å². The zero-order valence-corrected chi connectivity index (χ0v) is 20.3. The van der Waals surface area contributed by atoms with Gasteiger partial charge in [-0.2, -0.15) is 0 Å². The first-order valence-corrected chi connectivity index (χ1v) is 11.9. The van der Waals surface area contributed by atoms with Gasteiger partial charge in [-0.25, -0.2) is 9.78 Å². The summed E-state index contributed by atoms with van der Waals surface area (Å²) < 4.78 is 21.8. The van der Waals surface area contributed by atoms with Gasteiger partial charge < -0.3 is 18.9 Å². The molecule has 0 saturated carbocycles. The Hall–Kier alpha value is -4.32. The van der Waals surface area contributed by atoms with Gasteiger partial charge in [0.25, 0.3) is 0 Å². The molecular formula is C30H27NO5. The van der Waals surface area contributed by atoms with Crippen LogP contribution in [0.5, 0.6) is 17.2 Å². The van der Waals surface area contributed by atoms with Crippen LogP contribution in [0.15, 0.2) is 72.8 Å². The smallest absolute Gasteiger partial charge is 0.339 e. The number of fused-ring (bicyclic) bond motifs is 2. The molecule has 6 nitrogen and oxygen atoms in total. The van der Waals surface area contributed by atoms with Crippen LogP contribution >= 0.6 is 0 Å². The van der Waals surface area contributed by atoms with E-state index in [1.54, 1.807) is 14.2 Å². The minimum absolute atomic E-state index is 0.144. The molecular weight excluding hydrogens is 454 g/mol. The number of nitrogens with zero attached hydrogens (tertiary/aromatic N) is 1. The molecule has 1 aliphatic carbocycles. The van der Waals surface area contributed by atoms with Gasteiger partial charge in [0.1, 0.15) is 30.5 Å². The molecule has 4 aromatic rings. The zero-order valence-electron chi connectivity index (χ0n) is 20.3. The molecule has 0 bridgehead atoms. The average Bonchev–Trinajstić information content (AvgIpc) is 3.32. The van der Waals surface area contributed by atoms with E-state index in [1.165, 1.54) is 0 Å². The lowest BCUT2D eigenvalue weighted by Crippen LogP contribution is -2.15. The summed E-state index contributed by atoms with van der Waals surface area (Å²) in [6.07, 6.45) is 3.68. The summed E-state index contributed by atoms with van der Waals surface area (Å²) >= 11 is 0. The molecule has 0 fully saturated rings. The summed E-state index contributed by atoms with van der Waals surface area (Å²) in [4.78, 5) is 18.2. The second-order valence-corrected chi connectivity index (χ2v) is 8.43. The van der Waals surface area contributed by atoms with Crippen molar-refractivity contribution in [3.05, 3.63) is 95.2 Å². The third kappa shape index (κ3) is 4.89. The minimum Gasteiger partial charge on any atom is -0.497 e. The Morgan fingerprint density at radius 3 is 2.22 bits per heavy atom. The second kappa shape index (κ2) is 10.5. The number of aromatic nitrogens is 1. The average molecular weight is 482 g/mol. The highest BCUT2D eigenvalue weighted by Crippen LogP contribution is 2.38. The van der Waals surface area contributed by atoms with Gasteiger partial charge in [-0.3, -0.25) is 0 Å². The molecule has 0 atom stereocenters. The van der Waals surface area contributed by atoms with Gasteiger partial charge in [-0.05, 0) is 78.1 Å². The fourth-order valence-corrected chi connectivity index (χ4v) is 4.45. The molecule has 0 unspecified atom stereocenters. The number of benzene rings is 3. The molecule has 0 spiro atoms. The van der Waals surface area contributed by atoms with Crippen molar-refractivity contribution in [3.8, 4) is 17.2 Å². The lowest BCUT2D eigenvalue weighted by Gasteiger charge is -2.13. The quantitative estimate of drug-likeness (QED) is 0.228. The Kier molecular flexibility index (Phi) is 6.85. The van der Waals surface area contributed by atoms with Crippen molar-refractivity contribution in [1.82, 2.24) is 4.98 Å². The SMILES string of the molecule is COc1ccc(/C=C2\CCc3c2nc2ccccc2c3C(=O)OCCOc2ccc(OC)cc2)cc1. The largest absolute Gasteiger partial charge is 0.497 e. The Bertz CT molecular complexity index is 1410. The van der Waals surface area contributed by atoms with Gasteiger partial charge in [0.15, 0.2) is 0 Å². The van der Waals surface area contributed by atoms with Gasteiger partial charge in [0, 0.05) is 5.39 Å².